The predicted octanol–water partition coefficient (Wildman–Crippen LogP) is 2.58. The number of likely N-dealkylation sites (N-methyl/N-ethyl adjacent to an activating group) is 1. The Balaban J connectivity index is 2.39. The van der Waals surface area contributed by atoms with Crippen molar-refractivity contribution in [2.45, 2.75) is 39.3 Å². The van der Waals surface area contributed by atoms with E-state index in [0.29, 0.717) is 17.9 Å². The number of anilines is 1. The van der Waals surface area contributed by atoms with Gasteiger partial charge in [0.25, 0.3) is 0 Å². The van der Waals surface area contributed by atoms with Crippen LogP contribution in [0.25, 0.3) is 0 Å². The minimum Gasteiger partial charge on any atom is -0.497 e. The number of sulfonamides is 1. The monoisotopic (exact) mass is 475 g/mol. The second-order valence-electron chi connectivity index (χ2n) is 7.70. The lowest BCUT2D eigenvalue weighted by atomic mass is 10.1. The number of nitrogens with zero attached hydrogens (tertiary/aromatic N) is 2. The van der Waals surface area contributed by atoms with Crippen LogP contribution in [0.3, 0.4) is 0 Å². The van der Waals surface area contributed by atoms with Gasteiger partial charge >= 0.3 is 0 Å². The normalized spacial score (nSPS) is 12.0. The third kappa shape index (κ3) is 6.95. The van der Waals surface area contributed by atoms with Crippen LogP contribution < -0.4 is 14.4 Å². The van der Waals surface area contributed by atoms with Gasteiger partial charge in [-0.25, -0.2) is 8.42 Å². The Labute approximate surface area is 196 Å². The molecule has 1 atom stereocenters. The molecular weight excluding hydrogens is 442 g/mol. The first-order valence-electron chi connectivity index (χ1n) is 10.8. The minimum absolute atomic E-state index is 0.154. The van der Waals surface area contributed by atoms with E-state index in [9.17, 15) is 18.0 Å². The fourth-order valence-corrected chi connectivity index (χ4v) is 4.37. The molecule has 0 bridgehead atoms. The summed E-state index contributed by atoms with van der Waals surface area (Å²) in [5, 5.41) is 2.60. The Bertz CT molecular complexity index is 1040. The molecule has 0 aliphatic carbocycles. The maximum absolute atomic E-state index is 13.5. The zero-order valence-corrected chi connectivity index (χ0v) is 20.7. The predicted molar refractivity (Wildman–Crippen MR) is 130 cm³/mol. The average molecular weight is 476 g/mol. The van der Waals surface area contributed by atoms with Crippen molar-refractivity contribution in [1.82, 2.24) is 10.2 Å². The summed E-state index contributed by atoms with van der Waals surface area (Å²) in [6.07, 6.45) is 2.27. The highest BCUT2D eigenvalue weighted by Crippen LogP contribution is 2.21. The van der Waals surface area contributed by atoms with Crippen LogP contribution in [0.5, 0.6) is 5.75 Å². The molecule has 2 aromatic carbocycles. The van der Waals surface area contributed by atoms with E-state index in [2.05, 4.69) is 5.32 Å². The highest BCUT2D eigenvalue weighted by atomic mass is 32.2. The molecule has 9 heteroatoms. The molecule has 2 aromatic rings. The molecule has 180 valence electrons. The van der Waals surface area contributed by atoms with Gasteiger partial charge in [-0.15, -0.1) is 0 Å². The highest BCUT2D eigenvalue weighted by molar-refractivity contribution is 7.92. The molecule has 0 radical (unpaired) electrons. The van der Waals surface area contributed by atoms with Gasteiger partial charge < -0.3 is 15.0 Å². The van der Waals surface area contributed by atoms with Gasteiger partial charge in [0, 0.05) is 13.6 Å². The first-order valence-corrected chi connectivity index (χ1v) is 12.7. The number of amides is 2. The molecule has 0 aliphatic heterocycles. The summed E-state index contributed by atoms with van der Waals surface area (Å²) in [4.78, 5) is 27.4. The SMILES string of the molecule is CCc1ccc(N(CC(=O)N(Cc2ccc(OC)cc2)[C@H](CC)C(=O)NC)S(C)(=O)=O)cc1. The molecule has 0 unspecified atom stereocenters. The van der Waals surface area contributed by atoms with Gasteiger partial charge in [0.05, 0.1) is 19.1 Å². The summed E-state index contributed by atoms with van der Waals surface area (Å²) >= 11 is 0. The number of ether oxygens (including phenoxy) is 1. The molecule has 2 amide bonds. The van der Waals surface area contributed by atoms with Crippen LogP contribution in [0.2, 0.25) is 0 Å². The highest BCUT2D eigenvalue weighted by Gasteiger charge is 2.31. The lowest BCUT2D eigenvalue weighted by Crippen LogP contribution is -2.51. The third-order valence-corrected chi connectivity index (χ3v) is 6.60. The summed E-state index contributed by atoms with van der Waals surface area (Å²) < 4.78 is 31.4. The zero-order valence-electron chi connectivity index (χ0n) is 19.9. The molecule has 0 saturated carbocycles. The molecule has 0 aromatic heterocycles. The summed E-state index contributed by atoms with van der Waals surface area (Å²) in [6.45, 7) is 3.56. The summed E-state index contributed by atoms with van der Waals surface area (Å²) in [7, 11) is -0.659. The topological polar surface area (TPSA) is 96.0 Å². The number of rotatable bonds is 11. The molecule has 0 heterocycles. The van der Waals surface area contributed by atoms with Crippen molar-refractivity contribution >= 4 is 27.5 Å². The van der Waals surface area contributed by atoms with Crippen molar-refractivity contribution in [3.63, 3.8) is 0 Å². The Morgan fingerprint density at radius 2 is 1.58 bits per heavy atom. The second-order valence-corrected chi connectivity index (χ2v) is 9.60. The second kappa shape index (κ2) is 11.7. The van der Waals surface area contributed by atoms with Crippen molar-refractivity contribution < 1.29 is 22.7 Å². The lowest BCUT2D eigenvalue weighted by molar-refractivity contribution is -0.140. The van der Waals surface area contributed by atoms with Crippen molar-refractivity contribution in [3.05, 3.63) is 59.7 Å². The van der Waals surface area contributed by atoms with Gasteiger partial charge in [-0.3, -0.25) is 13.9 Å². The lowest BCUT2D eigenvalue weighted by Gasteiger charge is -2.32. The summed E-state index contributed by atoms with van der Waals surface area (Å²) in [5.74, 6) is -0.0995. The van der Waals surface area contributed by atoms with E-state index in [1.54, 1.807) is 31.4 Å². The average Bonchev–Trinajstić information content (AvgIpc) is 2.81. The largest absolute Gasteiger partial charge is 0.497 e. The molecule has 0 fully saturated rings. The molecule has 8 nitrogen and oxygen atoms in total. The van der Waals surface area contributed by atoms with Crippen LogP contribution in [0.1, 0.15) is 31.4 Å². The van der Waals surface area contributed by atoms with Gasteiger partial charge in [0.1, 0.15) is 18.3 Å². The molecule has 33 heavy (non-hydrogen) atoms. The van der Waals surface area contributed by atoms with Crippen molar-refractivity contribution in [2.24, 2.45) is 0 Å². The van der Waals surface area contributed by atoms with Gasteiger partial charge in [-0.1, -0.05) is 38.1 Å². The van der Waals surface area contributed by atoms with Gasteiger partial charge in [0.2, 0.25) is 21.8 Å². The number of benzene rings is 2. The summed E-state index contributed by atoms with van der Waals surface area (Å²) in [5.41, 5.74) is 2.26. The van der Waals surface area contributed by atoms with Gasteiger partial charge in [-0.2, -0.15) is 0 Å². The van der Waals surface area contributed by atoms with Crippen LogP contribution in [0, 0.1) is 0 Å². The number of carbonyl (C=O) groups excluding carboxylic acids is 2. The van der Waals surface area contributed by atoms with Crippen LogP contribution in [-0.4, -0.2) is 58.1 Å². The summed E-state index contributed by atoms with van der Waals surface area (Å²) in [6, 6.07) is 13.5. The van der Waals surface area contributed by atoms with E-state index in [1.165, 1.54) is 11.9 Å². The smallest absolute Gasteiger partial charge is 0.244 e. The fourth-order valence-electron chi connectivity index (χ4n) is 3.53. The van der Waals surface area contributed by atoms with E-state index >= 15 is 0 Å². The number of nitrogens with one attached hydrogen (secondary N) is 1. The van der Waals surface area contributed by atoms with Crippen LogP contribution in [-0.2, 0) is 32.6 Å². The van der Waals surface area contributed by atoms with Crippen LogP contribution >= 0.6 is 0 Å². The number of hydrogen-bond acceptors (Lipinski definition) is 5. The minimum atomic E-state index is -3.74. The van der Waals surface area contributed by atoms with Crippen LogP contribution in [0.15, 0.2) is 48.5 Å². The first kappa shape index (κ1) is 26.2. The number of hydrogen-bond donors (Lipinski definition) is 1. The van der Waals surface area contributed by atoms with Crippen molar-refractivity contribution in [2.75, 3.05) is 31.3 Å². The fraction of sp³-hybridized carbons (Fsp3) is 0.417. The van der Waals surface area contributed by atoms with E-state index in [4.69, 9.17) is 4.74 Å². The first-order chi connectivity index (χ1) is 15.6. The van der Waals surface area contributed by atoms with Gasteiger partial charge in [0.15, 0.2) is 0 Å². The Kier molecular flexibility index (Phi) is 9.28. The third-order valence-electron chi connectivity index (χ3n) is 5.46. The van der Waals surface area contributed by atoms with Crippen molar-refractivity contribution in [1.29, 1.82) is 0 Å². The van der Waals surface area contributed by atoms with E-state index in [1.807, 2.05) is 38.1 Å². The molecule has 1 N–H and O–H groups in total. The molecular formula is C24H33N3O5S. The van der Waals surface area contributed by atoms with E-state index in [-0.39, 0.29) is 12.5 Å². The van der Waals surface area contributed by atoms with E-state index < -0.39 is 28.5 Å². The molecule has 2 rings (SSSR count). The molecule has 0 aliphatic rings. The molecule has 0 saturated heterocycles. The molecule has 0 spiro atoms. The Hall–Kier alpha value is -3.07. The Morgan fingerprint density at radius 1 is 1.00 bits per heavy atom. The quantitative estimate of drug-likeness (QED) is 0.539. The van der Waals surface area contributed by atoms with E-state index in [0.717, 1.165) is 28.1 Å². The van der Waals surface area contributed by atoms with Gasteiger partial charge in [-0.05, 0) is 48.2 Å². The van der Waals surface area contributed by atoms with Crippen molar-refractivity contribution in [3.8, 4) is 5.75 Å². The maximum Gasteiger partial charge on any atom is 0.244 e. The standard InChI is InChI=1S/C24H33N3O5S/c1-6-18-8-12-20(13-9-18)27(33(5,30)31)17-23(28)26(22(7-2)24(29)25-3)16-19-10-14-21(32-4)15-11-19/h8-15,22H,6-7,16-17H2,1-5H3,(H,25,29)/t22-/m1/s1. The number of carbonyl (C=O) groups is 2. The maximum atomic E-state index is 13.5. The van der Waals surface area contributed by atoms with Crippen LogP contribution in [0.4, 0.5) is 5.69 Å². The Morgan fingerprint density at radius 3 is 2.03 bits per heavy atom. The number of methoxy groups -OCH3 is 1. The zero-order chi connectivity index (χ0) is 24.6. The number of aryl methyl sites for hydroxylation is 1.